The van der Waals surface area contributed by atoms with E-state index in [1.807, 2.05) is 11.9 Å². The van der Waals surface area contributed by atoms with Crippen LogP contribution in [0.2, 0.25) is 0 Å². The Hall–Kier alpha value is -2.46. The van der Waals surface area contributed by atoms with E-state index in [1.165, 1.54) is 23.3 Å². The quantitative estimate of drug-likeness (QED) is 0.329. The van der Waals surface area contributed by atoms with E-state index >= 15 is 0 Å². The van der Waals surface area contributed by atoms with Crippen LogP contribution in [0.5, 0.6) is 0 Å². The van der Waals surface area contributed by atoms with E-state index in [9.17, 15) is 21.6 Å². The maximum atomic E-state index is 13.5. The number of nitrogens with zero attached hydrogens (tertiary/aromatic N) is 1. The van der Waals surface area contributed by atoms with Crippen molar-refractivity contribution in [2.75, 3.05) is 33.4 Å². The van der Waals surface area contributed by atoms with Gasteiger partial charge in [-0.15, -0.1) is 0 Å². The lowest BCUT2D eigenvalue weighted by atomic mass is 10.0. The van der Waals surface area contributed by atoms with Crippen LogP contribution < -0.4 is 4.72 Å². The van der Waals surface area contributed by atoms with Gasteiger partial charge in [0.15, 0.2) is 0 Å². The summed E-state index contributed by atoms with van der Waals surface area (Å²) in [6, 6.07) is 12.3. The zero-order valence-electron chi connectivity index (χ0n) is 19.9. The molecular weight excluding hydrogens is 477 g/mol. The number of hydrogen-bond acceptors (Lipinski definition) is 4. The second kappa shape index (κ2) is 12.0. The van der Waals surface area contributed by atoms with Crippen LogP contribution >= 0.6 is 0 Å². The molecule has 3 rings (SSSR count). The van der Waals surface area contributed by atoms with Crippen LogP contribution in [0.3, 0.4) is 0 Å². The SMILES string of the molecule is CC1=CCC(COCCN(C)CC(NS(=O)(=O)c2ccccc2C(F)(F)F)c2ccccc2)=CC1. The molecule has 2 aromatic rings. The Morgan fingerprint density at radius 2 is 1.71 bits per heavy atom. The molecule has 0 aliphatic heterocycles. The van der Waals surface area contributed by atoms with Gasteiger partial charge in [0.2, 0.25) is 10.0 Å². The van der Waals surface area contributed by atoms with Gasteiger partial charge in [0.25, 0.3) is 0 Å². The average Bonchev–Trinajstić information content (AvgIpc) is 2.82. The molecule has 0 heterocycles. The predicted octanol–water partition coefficient (Wildman–Crippen LogP) is 5.34. The van der Waals surface area contributed by atoms with Gasteiger partial charge < -0.3 is 9.64 Å². The van der Waals surface area contributed by atoms with Gasteiger partial charge in [-0.25, -0.2) is 13.1 Å². The first-order chi connectivity index (χ1) is 16.6. The summed E-state index contributed by atoms with van der Waals surface area (Å²) >= 11 is 0. The number of alkyl halides is 3. The maximum absolute atomic E-state index is 13.5. The van der Waals surface area contributed by atoms with Crippen molar-refractivity contribution < 1.29 is 26.3 Å². The van der Waals surface area contributed by atoms with Gasteiger partial charge in [0.1, 0.15) is 0 Å². The van der Waals surface area contributed by atoms with E-state index in [0.29, 0.717) is 25.3 Å². The van der Waals surface area contributed by atoms with Crippen molar-refractivity contribution >= 4 is 10.0 Å². The first kappa shape index (κ1) is 27.1. The predicted molar refractivity (Wildman–Crippen MR) is 130 cm³/mol. The molecule has 2 aromatic carbocycles. The Balaban J connectivity index is 1.67. The third kappa shape index (κ3) is 8.03. The van der Waals surface area contributed by atoms with E-state index in [0.717, 1.165) is 25.0 Å². The van der Waals surface area contributed by atoms with E-state index in [-0.39, 0.29) is 6.54 Å². The van der Waals surface area contributed by atoms with E-state index < -0.39 is 32.7 Å². The fourth-order valence-electron chi connectivity index (χ4n) is 3.80. The lowest BCUT2D eigenvalue weighted by molar-refractivity contribution is -0.139. The van der Waals surface area contributed by atoms with Crippen LogP contribution in [0.25, 0.3) is 0 Å². The first-order valence-electron chi connectivity index (χ1n) is 11.4. The molecule has 0 bridgehead atoms. The van der Waals surface area contributed by atoms with Crippen molar-refractivity contribution in [3.63, 3.8) is 0 Å². The molecule has 1 unspecified atom stereocenters. The number of likely N-dealkylation sites (N-methyl/N-ethyl adjacent to an activating group) is 1. The van der Waals surface area contributed by atoms with E-state index in [2.05, 4.69) is 23.8 Å². The molecule has 1 atom stereocenters. The maximum Gasteiger partial charge on any atom is 0.417 e. The summed E-state index contributed by atoms with van der Waals surface area (Å²) in [5.41, 5.74) is 2.04. The number of allylic oxidation sites excluding steroid dienone is 3. The van der Waals surface area contributed by atoms with Gasteiger partial charge in [-0.1, -0.05) is 60.2 Å². The number of sulfonamides is 1. The Kier molecular flexibility index (Phi) is 9.29. The summed E-state index contributed by atoms with van der Waals surface area (Å²) in [5.74, 6) is 0. The highest BCUT2D eigenvalue weighted by Crippen LogP contribution is 2.34. The molecule has 0 amide bonds. The van der Waals surface area contributed by atoms with Crippen LogP contribution in [-0.2, 0) is 20.9 Å². The first-order valence-corrected chi connectivity index (χ1v) is 12.9. The second-order valence-electron chi connectivity index (χ2n) is 8.71. The summed E-state index contributed by atoms with van der Waals surface area (Å²) < 4.78 is 74.8. The van der Waals surface area contributed by atoms with Crippen molar-refractivity contribution in [3.05, 3.63) is 89.0 Å². The minimum absolute atomic E-state index is 0.255. The van der Waals surface area contributed by atoms with Crippen LogP contribution in [-0.4, -0.2) is 46.7 Å². The number of rotatable bonds is 11. The third-order valence-corrected chi connectivity index (χ3v) is 7.34. The third-order valence-electron chi connectivity index (χ3n) is 5.81. The molecule has 9 heteroatoms. The molecule has 0 spiro atoms. The number of benzene rings is 2. The summed E-state index contributed by atoms with van der Waals surface area (Å²) in [5, 5.41) is 0. The molecule has 0 saturated carbocycles. The number of nitrogens with one attached hydrogen (secondary N) is 1. The highest BCUT2D eigenvalue weighted by Gasteiger charge is 2.37. The van der Waals surface area contributed by atoms with Gasteiger partial charge in [-0.05, 0) is 50.1 Å². The Morgan fingerprint density at radius 3 is 2.37 bits per heavy atom. The molecule has 1 aliphatic rings. The van der Waals surface area contributed by atoms with Gasteiger partial charge in [-0.2, -0.15) is 13.2 Å². The summed E-state index contributed by atoms with van der Waals surface area (Å²) in [7, 11) is -2.63. The molecule has 0 aromatic heterocycles. The van der Waals surface area contributed by atoms with Crippen LogP contribution in [0, 0.1) is 0 Å². The van der Waals surface area contributed by atoms with Crippen molar-refractivity contribution in [1.82, 2.24) is 9.62 Å². The van der Waals surface area contributed by atoms with Gasteiger partial charge >= 0.3 is 6.18 Å². The molecule has 1 N–H and O–H groups in total. The minimum Gasteiger partial charge on any atom is -0.376 e. The fourth-order valence-corrected chi connectivity index (χ4v) is 5.25. The van der Waals surface area contributed by atoms with E-state index in [4.69, 9.17) is 4.74 Å². The molecular formula is C26H31F3N2O3S. The number of ether oxygens (including phenoxy) is 1. The monoisotopic (exact) mass is 508 g/mol. The Morgan fingerprint density at radius 1 is 1.03 bits per heavy atom. The van der Waals surface area contributed by atoms with Crippen molar-refractivity contribution in [2.24, 2.45) is 0 Å². The highest BCUT2D eigenvalue weighted by atomic mass is 32.2. The normalized spacial score (nSPS) is 15.6. The fraction of sp³-hybridized carbons (Fsp3) is 0.385. The van der Waals surface area contributed by atoms with Crippen molar-refractivity contribution in [2.45, 2.75) is 36.9 Å². The minimum atomic E-state index is -4.79. The Bertz CT molecular complexity index is 1150. The average molecular weight is 509 g/mol. The van der Waals surface area contributed by atoms with Crippen LogP contribution in [0.1, 0.15) is 36.9 Å². The van der Waals surface area contributed by atoms with Gasteiger partial charge in [0.05, 0.1) is 29.7 Å². The summed E-state index contributed by atoms with van der Waals surface area (Å²) in [4.78, 5) is 1.11. The molecule has 35 heavy (non-hydrogen) atoms. The molecule has 5 nitrogen and oxygen atoms in total. The summed E-state index contributed by atoms with van der Waals surface area (Å²) in [6.45, 7) is 3.88. The van der Waals surface area contributed by atoms with Crippen LogP contribution in [0.4, 0.5) is 13.2 Å². The Labute approximate surface area is 205 Å². The molecule has 0 saturated heterocycles. The summed E-state index contributed by atoms with van der Waals surface area (Å²) in [6.07, 6.45) is 1.41. The standard InChI is InChI=1S/C26H31F3N2O3S/c1-20-12-14-21(15-13-20)19-34-17-16-31(2)18-24(22-8-4-3-5-9-22)30-35(32,33)25-11-7-6-10-23(25)26(27,28)29/h3-12,15,24,30H,13-14,16-19H2,1-2H3. The van der Waals surface area contributed by atoms with E-state index in [1.54, 1.807) is 30.3 Å². The molecule has 0 radical (unpaired) electrons. The van der Waals surface area contributed by atoms with Crippen molar-refractivity contribution in [1.29, 1.82) is 0 Å². The van der Waals surface area contributed by atoms with Crippen LogP contribution in [0.15, 0.2) is 82.8 Å². The number of halogens is 3. The van der Waals surface area contributed by atoms with Gasteiger partial charge in [0, 0.05) is 13.1 Å². The smallest absolute Gasteiger partial charge is 0.376 e. The molecule has 0 fully saturated rings. The highest BCUT2D eigenvalue weighted by molar-refractivity contribution is 7.89. The second-order valence-corrected chi connectivity index (χ2v) is 10.4. The van der Waals surface area contributed by atoms with Crippen molar-refractivity contribution in [3.8, 4) is 0 Å². The topological polar surface area (TPSA) is 58.6 Å². The lowest BCUT2D eigenvalue weighted by Crippen LogP contribution is -2.38. The zero-order valence-corrected chi connectivity index (χ0v) is 20.7. The lowest BCUT2D eigenvalue weighted by Gasteiger charge is -2.26. The van der Waals surface area contributed by atoms with Gasteiger partial charge in [-0.3, -0.25) is 0 Å². The molecule has 190 valence electrons. The largest absolute Gasteiger partial charge is 0.417 e. The number of hydrogen-bond donors (Lipinski definition) is 1. The molecule has 1 aliphatic carbocycles. The zero-order chi connectivity index (χ0) is 25.5.